The monoisotopic (exact) mass is 276 g/mol. The second-order valence-corrected chi connectivity index (χ2v) is 5.68. The van der Waals surface area contributed by atoms with Crippen LogP contribution in [0.3, 0.4) is 0 Å². The number of benzene rings is 1. The van der Waals surface area contributed by atoms with E-state index in [2.05, 4.69) is 48.3 Å². The molecule has 2 rings (SSSR count). The van der Waals surface area contributed by atoms with Crippen molar-refractivity contribution in [2.75, 3.05) is 32.8 Å². The zero-order chi connectivity index (χ0) is 14.4. The lowest BCUT2D eigenvalue weighted by Crippen LogP contribution is -2.28. The highest BCUT2D eigenvalue weighted by Crippen LogP contribution is 2.19. The van der Waals surface area contributed by atoms with Gasteiger partial charge in [-0.05, 0) is 63.5 Å². The highest BCUT2D eigenvalue weighted by molar-refractivity contribution is 5.28. The SMILES string of the molecule is CCOc1ccc(C(C)NCC2CCN(CC)C2)cc1. The lowest BCUT2D eigenvalue weighted by atomic mass is 10.1. The zero-order valence-corrected chi connectivity index (χ0v) is 13.1. The van der Waals surface area contributed by atoms with Crippen LogP contribution in [0.25, 0.3) is 0 Å². The van der Waals surface area contributed by atoms with E-state index >= 15 is 0 Å². The van der Waals surface area contributed by atoms with Crippen LogP contribution < -0.4 is 10.1 Å². The topological polar surface area (TPSA) is 24.5 Å². The van der Waals surface area contributed by atoms with E-state index in [4.69, 9.17) is 4.74 Å². The molecular formula is C17H28N2O. The molecule has 1 aromatic rings. The van der Waals surface area contributed by atoms with Gasteiger partial charge in [0.25, 0.3) is 0 Å². The van der Waals surface area contributed by atoms with Gasteiger partial charge in [-0.3, -0.25) is 0 Å². The van der Waals surface area contributed by atoms with Gasteiger partial charge in [0.05, 0.1) is 6.61 Å². The first-order valence-electron chi connectivity index (χ1n) is 7.91. The molecule has 1 saturated heterocycles. The van der Waals surface area contributed by atoms with Crippen LogP contribution in [0.5, 0.6) is 5.75 Å². The number of rotatable bonds is 7. The van der Waals surface area contributed by atoms with Gasteiger partial charge in [0.15, 0.2) is 0 Å². The number of likely N-dealkylation sites (tertiary alicyclic amines) is 1. The molecule has 0 aliphatic carbocycles. The fraction of sp³-hybridized carbons (Fsp3) is 0.647. The Morgan fingerprint density at radius 3 is 2.65 bits per heavy atom. The highest BCUT2D eigenvalue weighted by atomic mass is 16.5. The Balaban J connectivity index is 1.78. The van der Waals surface area contributed by atoms with Crippen LogP contribution >= 0.6 is 0 Å². The molecule has 112 valence electrons. The van der Waals surface area contributed by atoms with Crippen molar-refractivity contribution >= 4 is 0 Å². The number of hydrogen-bond acceptors (Lipinski definition) is 3. The summed E-state index contributed by atoms with van der Waals surface area (Å²) >= 11 is 0. The third kappa shape index (κ3) is 4.22. The normalized spacial score (nSPS) is 21.1. The fourth-order valence-electron chi connectivity index (χ4n) is 2.85. The van der Waals surface area contributed by atoms with Crippen molar-refractivity contribution in [1.29, 1.82) is 0 Å². The maximum absolute atomic E-state index is 5.48. The summed E-state index contributed by atoms with van der Waals surface area (Å²) in [5.74, 6) is 1.76. The quantitative estimate of drug-likeness (QED) is 0.828. The summed E-state index contributed by atoms with van der Waals surface area (Å²) in [5.41, 5.74) is 1.33. The van der Waals surface area contributed by atoms with Gasteiger partial charge in [-0.1, -0.05) is 19.1 Å². The van der Waals surface area contributed by atoms with Crippen LogP contribution in [-0.4, -0.2) is 37.7 Å². The fourth-order valence-corrected chi connectivity index (χ4v) is 2.85. The molecule has 0 aromatic heterocycles. The first-order valence-corrected chi connectivity index (χ1v) is 7.91. The van der Waals surface area contributed by atoms with Crippen molar-refractivity contribution in [2.45, 2.75) is 33.2 Å². The summed E-state index contributed by atoms with van der Waals surface area (Å²) in [6.45, 7) is 12.0. The summed E-state index contributed by atoms with van der Waals surface area (Å²) in [6, 6.07) is 8.85. The van der Waals surface area contributed by atoms with E-state index in [1.807, 2.05) is 6.92 Å². The molecular weight excluding hydrogens is 248 g/mol. The first-order chi connectivity index (χ1) is 9.72. The van der Waals surface area contributed by atoms with Gasteiger partial charge >= 0.3 is 0 Å². The molecule has 1 aromatic carbocycles. The van der Waals surface area contributed by atoms with E-state index in [0.29, 0.717) is 6.04 Å². The standard InChI is InChI=1S/C17H28N2O/c1-4-19-11-10-15(13-19)12-18-14(3)16-6-8-17(9-7-16)20-5-2/h6-9,14-15,18H,4-5,10-13H2,1-3H3. The Labute approximate surface area is 123 Å². The van der Waals surface area contributed by atoms with Gasteiger partial charge in [-0.15, -0.1) is 0 Å². The highest BCUT2D eigenvalue weighted by Gasteiger charge is 2.21. The molecule has 3 nitrogen and oxygen atoms in total. The number of ether oxygens (including phenoxy) is 1. The second-order valence-electron chi connectivity index (χ2n) is 5.68. The van der Waals surface area contributed by atoms with Crippen molar-refractivity contribution < 1.29 is 4.74 Å². The summed E-state index contributed by atoms with van der Waals surface area (Å²) in [4.78, 5) is 2.54. The lowest BCUT2D eigenvalue weighted by molar-refractivity contribution is 0.335. The zero-order valence-electron chi connectivity index (χ0n) is 13.1. The predicted molar refractivity (Wildman–Crippen MR) is 84.2 cm³/mol. The lowest BCUT2D eigenvalue weighted by Gasteiger charge is -2.18. The summed E-state index contributed by atoms with van der Waals surface area (Å²) in [7, 11) is 0. The van der Waals surface area contributed by atoms with Crippen LogP contribution in [0.15, 0.2) is 24.3 Å². The number of hydrogen-bond donors (Lipinski definition) is 1. The smallest absolute Gasteiger partial charge is 0.119 e. The van der Waals surface area contributed by atoms with Crippen molar-refractivity contribution in [3.8, 4) is 5.75 Å². The Morgan fingerprint density at radius 1 is 1.30 bits per heavy atom. The number of nitrogens with one attached hydrogen (secondary N) is 1. The second kappa shape index (κ2) is 7.65. The van der Waals surface area contributed by atoms with Crippen molar-refractivity contribution in [1.82, 2.24) is 10.2 Å². The maximum Gasteiger partial charge on any atom is 0.119 e. The summed E-state index contributed by atoms with van der Waals surface area (Å²) in [5, 5.41) is 3.67. The van der Waals surface area contributed by atoms with E-state index < -0.39 is 0 Å². The molecule has 0 saturated carbocycles. The van der Waals surface area contributed by atoms with Gasteiger partial charge in [-0.2, -0.15) is 0 Å². The Kier molecular flexibility index (Phi) is 5.86. The van der Waals surface area contributed by atoms with E-state index in [9.17, 15) is 0 Å². The van der Waals surface area contributed by atoms with E-state index in [1.165, 1.54) is 31.6 Å². The minimum absolute atomic E-state index is 0.404. The molecule has 0 amide bonds. The minimum Gasteiger partial charge on any atom is -0.494 e. The van der Waals surface area contributed by atoms with Crippen molar-refractivity contribution in [2.24, 2.45) is 5.92 Å². The molecule has 1 aliphatic rings. The molecule has 20 heavy (non-hydrogen) atoms. The van der Waals surface area contributed by atoms with E-state index in [-0.39, 0.29) is 0 Å². The molecule has 1 N–H and O–H groups in total. The average Bonchev–Trinajstić information content (AvgIpc) is 2.94. The minimum atomic E-state index is 0.404. The van der Waals surface area contributed by atoms with Crippen molar-refractivity contribution in [3.05, 3.63) is 29.8 Å². The van der Waals surface area contributed by atoms with Crippen LogP contribution in [0.2, 0.25) is 0 Å². The Hall–Kier alpha value is -1.06. The molecule has 0 radical (unpaired) electrons. The third-order valence-corrected chi connectivity index (χ3v) is 4.22. The molecule has 2 unspecified atom stereocenters. The van der Waals surface area contributed by atoms with Crippen LogP contribution in [0.1, 0.15) is 38.8 Å². The summed E-state index contributed by atoms with van der Waals surface area (Å²) in [6.07, 6.45) is 1.33. The van der Waals surface area contributed by atoms with Crippen molar-refractivity contribution in [3.63, 3.8) is 0 Å². The van der Waals surface area contributed by atoms with Gasteiger partial charge in [0.2, 0.25) is 0 Å². The van der Waals surface area contributed by atoms with Gasteiger partial charge in [0, 0.05) is 12.6 Å². The van der Waals surface area contributed by atoms with Crippen LogP contribution in [0, 0.1) is 5.92 Å². The third-order valence-electron chi connectivity index (χ3n) is 4.22. The maximum atomic E-state index is 5.48. The van der Waals surface area contributed by atoms with Crippen LogP contribution in [-0.2, 0) is 0 Å². The van der Waals surface area contributed by atoms with E-state index in [0.717, 1.165) is 24.8 Å². The molecule has 3 heteroatoms. The number of nitrogens with zero attached hydrogens (tertiary/aromatic N) is 1. The van der Waals surface area contributed by atoms with Gasteiger partial charge in [0.1, 0.15) is 5.75 Å². The molecule has 2 atom stereocenters. The molecule has 1 fully saturated rings. The van der Waals surface area contributed by atoms with E-state index in [1.54, 1.807) is 0 Å². The Bertz CT molecular complexity index is 390. The summed E-state index contributed by atoms with van der Waals surface area (Å²) < 4.78 is 5.48. The first kappa shape index (κ1) is 15.3. The molecule has 1 heterocycles. The molecule has 0 bridgehead atoms. The van der Waals surface area contributed by atoms with Gasteiger partial charge < -0.3 is 15.0 Å². The molecule has 0 spiro atoms. The Morgan fingerprint density at radius 2 is 2.05 bits per heavy atom. The average molecular weight is 276 g/mol. The predicted octanol–water partition coefficient (Wildman–Crippen LogP) is 3.08. The van der Waals surface area contributed by atoms with Gasteiger partial charge in [-0.25, -0.2) is 0 Å². The largest absolute Gasteiger partial charge is 0.494 e. The molecule has 1 aliphatic heterocycles. The van der Waals surface area contributed by atoms with Crippen LogP contribution in [0.4, 0.5) is 0 Å².